The zero-order chi connectivity index (χ0) is 24.5. The van der Waals surface area contributed by atoms with Crippen molar-refractivity contribution in [2.45, 2.75) is 83.4 Å². The maximum atomic E-state index is 12.4. The number of hydrogen-bond acceptors (Lipinski definition) is 6. The molecule has 2 heterocycles. The van der Waals surface area contributed by atoms with Gasteiger partial charge in [-0.1, -0.05) is 25.2 Å². The van der Waals surface area contributed by atoms with Crippen molar-refractivity contribution in [1.82, 2.24) is 0 Å². The van der Waals surface area contributed by atoms with Gasteiger partial charge in [-0.3, -0.25) is 4.79 Å². The highest BCUT2D eigenvalue weighted by Crippen LogP contribution is 2.69. The van der Waals surface area contributed by atoms with Crippen LogP contribution in [0.15, 0.2) is 30.0 Å². The van der Waals surface area contributed by atoms with E-state index in [4.69, 9.17) is 23.7 Å². The average Bonchev–Trinajstić information content (AvgIpc) is 3.53. The molecule has 6 nitrogen and oxygen atoms in total. The summed E-state index contributed by atoms with van der Waals surface area (Å²) >= 11 is 0. The van der Waals surface area contributed by atoms with E-state index >= 15 is 0 Å². The van der Waals surface area contributed by atoms with E-state index in [0.29, 0.717) is 38.3 Å². The van der Waals surface area contributed by atoms with Gasteiger partial charge in [-0.05, 0) is 62.4 Å². The molecule has 7 atom stereocenters. The average molecular weight is 485 g/mol. The van der Waals surface area contributed by atoms with Crippen molar-refractivity contribution in [3.63, 3.8) is 0 Å². The lowest BCUT2D eigenvalue weighted by atomic mass is 9.45. The van der Waals surface area contributed by atoms with Crippen molar-refractivity contribution in [3.05, 3.63) is 30.0 Å². The lowest BCUT2D eigenvalue weighted by molar-refractivity contribution is -0.225. The summed E-state index contributed by atoms with van der Waals surface area (Å²) < 4.78 is 30.9. The maximum absolute atomic E-state index is 12.4. The van der Waals surface area contributed by atoms with Gasteiger partial charge in [0, 0.05) is 37.0 Å². The fourth-order valence-corrected chi connectivity index (χ4v) is 9.41. The van der Waals surface area contributed by atoms with E-state index in [0.717, 1.165) is 44.9 Å². The Hall–Kier alpha value is -1.43. The molecule has 4 aliphatic carbocycles. The fraction of sp³-hybridized carbons (Fsp3) is 0.793. The van der Waals surface area contributed by atoms with Gasteiger partial charge in [0.05, 0.1) is 26.4 Å². The van der Waals surface area contributed by atoms with Crippen LogP contribution >= 0.6 is 0 Å². The SMILES string of the molecule is C=C=C[C@]12C[C@H](OC(C)=O)[C@H]3[C@@H](CC=C4CC5(CC[C@@]43C)OCCO5)[C@@H]1CC[C@@H]2C1(C)OCCO1. The summed E-state index contributed by atoms with van der Waals surface area (Å²) in [5, 5.41) is 0. The van der Waals surface area contributed by atoms with Crippen LogP contribution in [0, 0.1) is 34.5 Å². The van der Waals surface area contributed by atoms with Crippen LogP contribution in [0.1, 0.15) is 65.7 Å². The molecule has 6 rings (SSSR count). The quantitative estimate of drug-likeness (QED) is 0.321. The second kappa shape index (κ2) is 8.29. The minimum Gasteiger partial charge on any atom is -0.462 e. The van der Waals surface area contributed by atoms with Crippen LogP contribution in [-0.2, 0) is 28.5 Å². The van der Waals surface area contributed by atoms with E-state index in [-0.39, 0.29) is 34.7 Å². The van der Waals surface area contributed by atoms with Crippen molar-refractivity contribution >= 4 is 5.97 Å². The predicted molar refractivity (Wildman–Crippen MR) is 129 cm³/mol. The summed E-state index contributed by atoms with van der Waals surface area (Å²) in [5.74, 6) is 0.0527. The molecule has 1 spiro atoms. The van der Waals surface area contributed by atoms with Gasteiger partial charge in [0.15, 0.2) is 11.6 Å². The van der Waals surface area contributed by atoms with E-state index in [9.17, 15) is 4.79 Å². The summed E-state index contributed by atoms with van der Waals surface area (Å²) in [6.45, 7) is 12.6. The Labute approximate surface area is 209 Å². The molecule has 0 radical (unpaired) electrons. The molecule has 0 aromatic carbocycles. The summed E-state index contributed by atoms with van der Waals surface area (Å²) in [6, 6.07) is 0. The first kappa shape index (κ1) is 23.9. The van der Waals surface area contributed by atoms with Crippen molar-refractivity contribution in [3.8, 4) is 0 Å². The second-order valence-electron chi connectivity index (χ2n) is 12.1. The highest BCUT2D eigenvalue weighted by Gasteiger charge is 2.67. The van der Waals surface area contributed by atoms with E-state index in [2.05, 4.69) is 38.3 Å². The molecule has 0 N–H and O–H groups in total. The first-order chi connectivity index (χ1) is 16.8. The zero-order valence-corrected chi connectivity index (χ0v) is 21.5. The number of fused-ring (bicyclic) bond motifs is 5. The normalized spacial score (nSPS) is 45.1. The molecule has 35 heavy (non-hydrogen) atoms. The Balaban J connectivity index is 1.41. The monoisotopic (exact) mass is 484 g/mol. The van der Waals surface area contributed by atoms with Gasteiger partial charge >= 0.3 is 5.97 Å². The van der Waals surface area contributed by atoms with Gasteiger partial charge in [-0.25, -0.2) is 0 Å². The van der Waals surface area contributed by atoms with E-state index < -0.39 is 11.6 Å². The standard InChI is InChI=1S/C29H40O6/c1-5-10-28-18-23(35-19(2)30)25-21(22(28)8-9-24(28)27(4)31-13-14-32-27)7-6-20-17-29(33-15-16-34-29)12-11-26(20,25)3/h6,10,21-25H,1,7-9,11-18H2,2-4H3/t21-,22-,23-,24+,25+,26-,28-/m0/s1. The number of hydrogen-bond donors (Lipinski definition) is 0. The molecule has 6 aliphatic rings. The van der Waals surface area contributed by atoms with Crippen LogP contribution in [0.2, 0.25) is 0 Å². The van der Waals surface area contributed by atoms with Crippen molar-refractivity contribution in [2.24, 2.45) is 34.5 Å². The largest absolute Gasteiger partial charge is 0.462 e. The smallest absolute Gasteiger partial charge is 0.302 e. The predicted octanol–water partition coefficient (Wildman–Crippen LogP) is 4.93. The molecule has 3 saturated carbocycles. The van der Waals surface area contributed by atoms with Crippen LogP contribution in [0.4, 0.5) is 0 Å². The Morgan fingerprint density at radius 2 is 1.83 bits per heavy atom. The molecule has 5 fully saturated rings. The van der Waals surface area contributed by atoms with E-state index in [1.807, 2.05) is 0 Å². The minimum absolute atomic E-state index is 0.0318. The Morgan fingerprint density at radius 1 is 1.11 bits per heavy atom. The van der Waals surface area contributed by atoms with Gasteiger partial charge in [-0.2, -0.15) is 0 Å². The molecule has 0 aromatic heterocycles. The first-order valence-corrected chi connectivity index (χ1v) is 13.5. The Morgan fingerprint density at radius 3 is 2.51 bits per heavy atom. The Bertz CT molecular complexity index is 952. The lowest BCUT2D eigenvalue weighted by Crippen LogP contribution is -2.60. The molecule has 192 valence electrons. The Kier molecular flexibility index (Phi) is 5.67. The molecular formula is C29H40O6. The summed E-state index contributed by atoms with van der Waals surface area (Å²) in [6.07, 6.45) is 11.1. The van der Waals surface area contributed by atoms with E-state index in [1.165, 1.54) is 5.57 Å². The topological polar surface area (TPSA) is 63.2 Å². The third-order valence-corrected chi connectivity index (χ3v) is 10.6. The summed E-state index contributed by atoms with van der Waals surface area (Å²) in [5.41, 5.74) is 4.35. The highest BCUT2D eigenvalue weighted by atomic mass is 16.7. The van der Waals surface area contributed by atoms with Gasteiger partial charge in [-0.15, -0.1) is 5.73 Å². The first-order valence-electron chi connectivity index (χ1n) is 13.5. The molecule has 0 bridgehead atoms. The van der Waals surface area contributed by atoms with Crippen LogP contribution in [0.3, 0.4) is 0 Å². The lowest BCUT2D eigenvalue weighted by Gasteiger charge is -2.61. The van der Waals surface area contributed by atoms with Gasteiger partial charge in [0.25, 0.3) is 0 Å². The van der Waals surface area contributed by atoms with Crippen molar-refractivity contribution in [1.29, 1.82) is 0 Å². The summed E-state index contributed by atoms with van der Waals surface area (Å²) in [7, 11) is 0. The third kappa shape index (κ3) is 3.48. The highest BCUT2D eigenvalue weighted by molar-refractivity contribution is 5.66. The van der Waals surface area contributed by atoms with Crippen LogP contribution < -0.4 is 0 Å². The van der Waals surface area contributed by atoms with Gasteiger partial charge in [0.1, 0.15) is 6.10 Å². The van der Waals surface area contributed by atoms with Crippen LogP contribution in [0.25, 0.3) is 0 Å². The number of carbonyl (C=O) groups is 1. The summed E-state index contributed by atoms with van der Waals surface area (Å²) in [4.78, 5) is 12.4. The second-order valence-corrected chi connectivity index (χ2v) is 12.1. The molecule has 2 saturated heterocycles. The van der Waals surface area contributed by atoms with Crippen molar-refractivity contribution < 1.29 is 28.5 Å². The molecule has 0 amide bonds. The zero-order valence-electron chi connectivity index (χ0n) is 21.5. The number of rotatable bonds is 3. The molecule has 2 aliphatic heterocycles. The molecule has 6 heteroatoms. The maximum Gasteiger partial charge on any atom is 0.302 e. The van der Waals surface area contributed by atoms with Crippen molar-refractivity contribution in [2.75, 3.05) is 26.4 Å². The van der Waals surface area contributed by atoms with Gasteiger partial charge in [0.2, 0.25) is 0 Å². The minimum atomic E-state index is -0.621. The molecule has 0 unspecified atom stereocenters. The van der Waals surface area contributed by atoms with Crippen LogP contribution in [0.5, 0.6) is 0 Å². The molecule has 0 aromatic rings. The number of allylic oxidation sites excluding steroid dienone is 2. The number of esters is 1. The van der Waals surface area contributed by atoms with Gasteiger partial charge < -0.3 is 23.7 Å². The number of carbonyl (C=O) groups excluding carboxylic acids is 1. The fourth-order valence-electron chi connectivity index (χ4n) is 9.41. The van der Waals surface area contributed by atoms with Crippen LogP contribution in [-0.4, -0.2) is 50.1 Å². The third-order valence-electron chi connectivity index (χ3n) is 10.6. The molecular weight excluding hydrogens is 444 g/mol. The van der Waals surface area contributed by atoms with E-state index in [1.54, 1.807) is 6.92 Å². The number of ether oxygens (including phenoxy) is 5.